The van der Waals surface area contributed by atoms with Crippen LogP contribution in [0.1, 0.15) is 58.3 Å². The van der Waals surface area contributed by atoms with Gasteiger partial charge in [0.2, 0.25) is 5.91 Å². The molecule has 2 saturated carbocycles. The fourth-order valence-corrected chi connectivity index (χ4v) is 5.40. The van der Waals surface area contributed by atoms with E-state index < -0.39 is 0 Å². The Morgan fingerprint density at radius 3 is 2.68 bits per heavy atom. The third-order valence-corrected chi connectivity index (χ3v) is 6.41. The first kappa shape index (κ1) is 15.8. The van der Waals surface area contributed by atoms with Gasteiger partial charge in [-0.2, -0.15) is 0 Å². The van der Waals surface area contributed by atoms with Gasteiger partial charge in [-0.3, -0.25) is 9.59 Å². The van der Waals surface area contributed by atoms with E-state index in [0.717, 1.165) is 32.1 Å². The molecule has 6 unspecified atom stereocenters. The van der Waals surface area contributed by atoms with Crippen molar-refractivity contribution < 1.29 is 14.3 Å². The van der Waals surface area contributed by atoms with Gasteiger partial charge in [-0.25, -0.2) is 0 Å². The molecule has 1 heterocycles. The summed E-state index contributed by atoms with van der Waals surface area (Å²) < 4.78 is 5.11. The summed E-state index contributed by atoms with van der Waals surface area (Å²) in [5.41, 5.74) is 0. The second-order valence-corrected chi connectivity index (χ2v) is 7.68. The summed E-state index contributed by atoms with van der Waals surface area (Å²) in [5.74, 6) is 2.35. The molecule has 3 aliphatic rings. The van der Waals surface area contributed by atoms with Crippen molar-refractivity contribution in [3.05, 3.63) is 0 Å². The van der Waals surface area contributed by atoms with E-state index in [9.17, 15) is 9.59 Å². The second-order valence-electron chi connectivity index (χ2n) is 7.68. The maximum atomic E-state index is 12.3. The lowest BCUT2D eigenvalue weighted by Crippen LogP contribution is -2.40. The molecule has 1 N–H and O–H groups in total. The molecule has 0 spiro atoms. The monoisotopic (exact) mass is 307 g/mol. The molecule has 0 aromatic rings. The van der Waals surface area contributed by atoms with Crippen molar-refractivity contribution in [2.75, 3.05) is 7.11 Å². The van der Waals surface area contributed by atoms with Crippen molar-refractivity contribution in [3.63, 3.8) is 0 Å². The number of fused-ring (bicyclic) bond motifs is 1. The van der Waals surface area contributed by atoms with Crippen LogP contribution in [0.25, 0.3) is 0 Å². The van der Waals surface area contributed by atoms with Crippen LogP contribution in [-0.2, 0) is 14.3 Å². The summed E-state index contributed by atoms with van der Waals surface area (Å²) in [6.07, 6.45) is 8.58. The molecular weight excluding hydrogens is 278 g/mol. The lowest BCUT2D eigenvalue weighted by molar-refractivity contribution is -0.149. The highest BCUT2D eigenvalue weighted by atomic mass is 16.5. The van der Waals surface area contributed by atoms with E-state index >= 15 is 0 Å². The van der Waals surface area contributed by atoms with Crippen LogP contribution in [0.15, 0.2) is 0 Å². The molecule has 1 saturated heterocycles. The van der Waals surface area contributed by atoms with Crippen molar-refractivity contribution in [2.24, 2.45) is 29.6 Å². The topological polar surface area (TPSA) is 55.4 Å². The van der Waals surface area contributed by atoms with Crippen molar-refractivity contribution in [3.8, 4) is 0 Å². The van der Waals surface area contributed by atoms with Crippen molar-refractivity contribution >= 4 is 11.9 Å². The molecule has 2 aliphatic carbocycles. The van der Waals surface area contributed by atoms with Gasteiger partial charge in [0.1, 0.15) is 0 Å². The van der Waals surface area contributed by atoms with E-state index in [2.05, 4.69) is 12.2 Å². The molecule has 4 nitrogen and oxygen atoms in total. The zero-order valence-electron chi connectivity index (χ0n) is 13.8. The highest BCUT2D eigenvalue weighted by Crippen LogP contribution is 2.46. The van der Waals surface area contributed by atoms with Crippen LogP contribution in [0.5, 0.6) is 0 Å². The SMILES string of the molecule is COC(=O)C1CCCCC(C)C1C1CCC2NC(=O)CC2C1. The average Bonchev–Trinajstić information content (AvgIpc) is 2.76. The van der Waals surface area contributed by atoms with E-state index in [4.69, 9.17) is 4.74 Å². The van der Waals surface area contributed by atoms with E-state index in [1.165, 1.54) is 20.0 Å². The smallest absolute Gasteiger partial charge is 0.308 e. The molecule has 0 bridgehead atoms. The fourth-order valence-electron chi connectivity index (χ4n) is 5.40. The number of rotatable bonds is 2. The molecule has 0 aromatic heterocycles. The highest BCUT2D eigenvalue weighted by molar-refractivity contribution is 5.79. The summed E-state index contributed by atoms with van der Waals surface area (Å²) in [6, 6.07) is 0.390. The Bertz CT molecular complexity index is 436. The Labute approximate surface area is 133 Å². The number of esters is 1. The lowest BCUT2D eigenvalue weighted by Gasteiger charge is -2.40. The van der Waals surface area contributed by atoms with Gasteiger partial charge in [-0.15, -0.1) is 0 Å². The molecule has 0 radical (unpaired) electrons. The Kier molecular flexibility index (Phi) is 4.74. The highest BCUT2D eigenvalue weighted by Gasteiger charge is 2.45. The molecule has 22 heavy (non-hydrogen) atoms. The number of hydrogen-bond donors (Lipinski definition) is 1. The lowest BCUT2D eigenvalue weighted by atomic mass is 9.65. The van der Waals surface area contributed by atoms with Crippen molar-refractivity contribution in [1.82, 2.24) is 5.32 Å². The predicted molar refractivity (Wildman–Crippen MR) is 84.0 cm³/mol. The van der Waals surface area contributed by atoms with Crippen LogP contribution in [0.3, 0.4) is 0 Å². The quantitative estimate of drug-likeness (QED) is 0.630. The van der Waals surface area contributed by atoms with Crippen LogP contribution in [0.4, 0.5) is 0 Å². The number of methoxy groups -OCH3 is 1. The normalized spacial score (nSPS) is 42.2. The standard InChI is InChI=1S/C18H29NO3/c1-11-5-3-4-6-14(18(21)22-2)17(11)12-7-8-15-13(9-12)10-16(20)19-15/h11-15,17H,3-10H2,1-2H3,(H,19,20). The van der Waals surface area contributed by atoms with Crippen molar-refractivity contribution in [1.29, 1.82) is 0 Å². The maximum absolute atomic E-state index is 12.3. The second kappa shape index (κ2) is 6.59. The maximum Gasteiger partial charge on any atom is 0.308 e. The van der Waals surface area contributed by atoms with Gasteiger partial charge in [0.15, 0.2) is 0 Å². The van der Waals surface area contributed by atoms with E-state index in [1.54, 1.807) is 0 Å². The first-order chi connectivity index (χ1) is 10.6. The average molecular weight is 307 g/mol. The molecule has 6 atom stereocenters. The number of ether oxygens (including phenoxy) is 1. The molecular formula is C18H29NO3. The molecule has 1 aliphatic heterocycles. The molecule has 4 heteroatoms. The molecule has 3 rings (SSSR count). The van der Waals surface area contributed by atoms with Gasteiger partial charge < -0.3 is 10.1 Å². The summed E-state index contributed by atoms with van der Waals surface area (Å²) in [6.45, 7) is 2.32. The molecule has 1 amide bonds. The van der Waals surface area contributed by atoms with Crippen LogP contribution in [0.2, 0.25) is 0 Å². The Hall–Kier alpha value is -1.06. The van der Waals surface area contributed by atoms with Gasteiger partial charge in [0.25, 0.3) is 0 Å². The predicted octanol–water partition coefficient (Wildman–Crippen LogP) is 2.91. The van der Waals surface area contributed by atoms with E-state index in [0.29, 0.717) is 36.1 Å². The van der Waals surface area contributed by atoms with Gasteiger partial charge in [-0.1, -0.05) is 26.2 Å². The van der Waals surface area contributed by atoms with Crippen LogP contribution in [0, 0.1) is 29.6 Å². The van der Waals surface area contributed by atoms with E-state index in [-0.39, 0.29) is 17.8 Å². The summed E-state index contributed by atoms with van der Waals surface area (Å²) >= 11 is 0. The Morgan fingerprint density at radius 2 is 1.91 bits per heavy atom. The minimum absolute atomic E-state index is 0.0125. The fraction of sp³-hybridized carbons (Fsp3) is 0.889. The van der Waals surface area contributed by atoms with Crippen LogP contribution < -0.4 is 5.32 Å². The number of hydrogen-bond acceptors (Lipinski definition) is 3. The number of carbonyl (C=O) groups excluding carboxylic acids is 2. The number of carbonyl (C=O) groups is 2. The van der Waals surface area contributed by atoms with E-state index in [1.807, 2.05) is 0 Å². The van der Waals surface area contributed by atoms with Gasteiger partial charge in [0, 0.05) is 12.5 Å². The Morgan fingerprint density at radius 1 is 1.14 bits per heavy atom. The first-order valence-corrected chi connectivity index (χ1v) is 8.97. The van der Waals surface area contributed by atoms with Gasteiger partial charge in [0.05, 0.1) is 13.0 Å². The first-order valence-electron chi connectivity index (χ1n) is 8.97. The summed E-state index contributed by atoms with van der Waals surface area (Å²) in [7, 11) is 1.52. The third kappa shape index (κ3) is 3.02. The summed E-state index contributed by atoms with van der Waals surface area (Å²) in [4.78, 5) is 24.0. The number of nitrogens with one attached hydrogen (secondary N) is 1. The molecule has 0 aromatic carbocycles. The largest absolute Gasteiger partial charge is 0.469 e. The Balaban J connectivity index is 1.76. The number of amides is 1. The van der Waals surface area contributed by atoms with Gasteiger partial charge in [-0.05, 0) is 49.4 Å². The third-order valence-electron chi connectivity index (χ3n) is 6.41. The molecule has 3 fully saturated rings. The van der Waals surface area contributed by atoms with Crippen molar-refractivity contribution in [2.45, 2.75) is 64.3 Å². The molecule has 124 valence electrons. The minimum Gasteiger partial charge on any atom is -0.469 e. The van der Waals surface area contributed by atoms with Crippen LogP contribution >= 0.6 is 0 Å². The summed E-state index contributed by atoms with van der Waals surface area (Å²) in [5, 5.41) is 3.12. The van der Waals surface area contributed by atoms with Crippen LogP contribution in [-0.4, -0.2) is 25.0 Å². The minimum atomic E-state index is -0.0125. The zero-order valence-corrected chi connectivity index (χ0v) is 13.8. The van der Waals surface area contributed by atoms with Gasteiger partial charge >= 0.3 is 5.97 Å². The zero-order chi connectivity index (χ0) is 15.7.